The van der Waals surface area contributed by atoms with E-state index in [0.29, 0.717) is 13.0 Å². The maximum absolute atomic E-state index is 12.1. The first-order valence-corrected chi connectivity index (χ1v) is 7.02. The Morgan fingerprint density at radius 2 is 2.29 bits per heavy atom. The molecule has 1 amide bonds. The number of nitrogens with one attached hydrogen (secondary N) is 1. The number of hydrogen-bond acceptors (Lipinski definition) is 5. The third-order valence-corrected chi connectivity index (χ3v) is 3.52. The van der Waals surface area contributed by atoms with Gasteiger partial charge in [0.05, 0.1) is 11.0 Å². The molecule has 0 bridgehead atoms. The summed E-state index contributed by atoms with van der Waals surface area (Å²) in [7, 11) is 0. The van der Waals surface area contributed by atoms with Crippen LogP contribution in [0.2, 0.25) is 0 Å². The molecule has 0 radical (unpaired) electrons. The minimum atomic E-state index is -0.630. The Kier molecular flexibility index (Phi) is 5.10. The fourth-order valence-corrected chi connectivity index (χ4v) is 2.43. The summed E-state index contributed by atoms with van der Waals surface area (Å²) in [5.41, 5.74) is 5.20. The van der Waals surface area contributed by atoms with E-state index in [-0.39, 0.29) is 23.0 Å². The number of ether oxygens (including phenoxy) is 1. The molecule has 114 valence electrons. The molecule has 1 heterocycles. The van der Waals surface area contributed by atoms with Gasteiger partial charge in [0.15, 0.2) is 0 Å². The number of rotatable bonds is 5. The average molecular weight is 293 g/mol. The number of hydrogen-bond donors (Lipinski definition) is 2. The van der Waals surface area contributed by atoms with Gasteiger partial charge in [0.1, 0.15) is 11.3 Å². The van der Waals surface area contributed by atoms with Gasteiger partial charge in [0.2, 0.25) is 0 Å². The largest absolute Gasteiger partial charge is 0.393 e. The SMILES string of the molecule is Nc1cccc(C(=O)NCCC2CCCCO2)c1[N+](=O)[O-]. The first-order valence-electron chi connectivity index (χ1n) is 7.02. The molecule has 0 spiro atoms. The van der Waals surface area contributed by atoms with Crippen molar-refractivity contribution < 1.29 is 14.5 Å². The minimum Gasteiger partial charge on any atom is -0.393 e. The van der Waals surface area contributed by atoms with Crippen molar-refractivity contribution in [3.63, 3.8) is 0 Å². The summed E-state index contributed by atoms with van der Waals surface area (Å²) in [6.07, 6.45) is 4.09. The Morgan fingerprint density at radius 3 is 2.95 bits per heavy atom. The number of nitro groups is 1. The zero-order chi connectivity index (χ0) is 15.2. The number of anilines is 1. The molecular formula is C14H19N3O4. The summed E-state index contributed by atoms with van der Waals surface area (Å²) in [4.78, 5) is 22.4. The van der Waals surface area contributed by atoms with Crippen molar-refractivity contribution in [3.8, 4) is 0 Å². The number of nitrogens with two attached hydrogens (primary N) is 1. The molecular weight excluding hydrogens is 274 g/mol. The van der Waals surface area contributed by atoms with Crippen LogP contribution in [0.4, 0.5) is 11.4 Å². The Balaban J connectivity index is 1.94. The van der Waals surface area contributed by atoms with E-state index in [0.717, 1.165) is 25.9 Å². The van der Waals surface area contributed by atoms with E-state index in [9.17, 15) is 14.9 Å². The van der Waals surface area contributed by atoms with Crippen LogP contribution in [-0.4, -0.2) is 30.1 Å². The lowest BCUT2D eigenvalue weighted by atomic mass is 10.1. The zero-order valence-electron chi connectivity index (χ0n) is 11.7. The summed E-state index contributed by atoms with van der Waals surface area (Å²) < 4.78 is 5.57. The van der Waals surface area contributed by atoms with E-state index in [4.69, 9.17) is 10.5 Å². The zero-order valence-corrected chi connectivity index (χ0v) is 11.7. The number of nitro benzene ring substituents is 1. The van der Waals surface area contributed by atoms with Crippen LogP contribution in [0, 0.1) is 10.1 Å². The van der Waals surface area contributed by atoms with Crippen LogP contribution in [0.5, 0.6) is 0 Å². The third kappa shape index (κ3) is 3.91. The van der Waals surface area contributed by atoms with Gasteiger partial charge in [-0.05, 0) is 37.8 Å². The normalized spacial score (nSPS) is 18.2. The summed E-state index contributed by atoms with van der Waals surface area (Å²) in [5, 5.41) is 13.7. The molecule has 0 aliphatic carbocycles. The van der Waals surface area contributed by atoms with Gasteiger partial charge in [-0.3, -0.25) is 14.9 Å². The Hall–Kier alpha value is -2.15. The smallest absolute Gasteiger partial charge is 0.304 e. The summed E-state index contributed by atoms with van der Waals surface area (Å²) in [5.74, 6) is -0.482. The molecule has 0 saturated carbocycles. The summed E-state index contributed by atoms with van der Waals surface area (Å²) >= 11 is 0. The van der Waals surface area contributed by atoms with Gasteiger partial charge in [-0.25, -0.2) is 0 Å². The van der Waals surface area contributed by atoms with Gasteiger partial charge in [-0.1, -0.05) is 6.07 Å². The van der Waals surface area contributed by atoms with Crippen molar-refractivity contribution in [2.75, 3.05) is 18.9 Å². The van der Waals surface area contributed by atoms with Crippen LogP contribution in [0.25, 0.3) is 0 Å². The molecule has 1 aliphatic heterocycles. The van der Waals surface area contributed by atoms with Crippen LogP contribution >= 0.6 is 0 Å². The first-order chi connectivity index (χ1) is 10.1. The van der Waals surface area contributed by atoms with Crippen LogP contribution in [-0.2, 0) is 4.74 Å². The monoisotopic (exact) mass is 293 g/mol. The maximum Gasteiger partial charge on any atom is 0.304 e. The van der Waals surface area contributed by atoms with Gasteiger partial charge in [0.25, 0.3) is 5.91 Å². The fourth-order valence-electron chi connectivity index (χ4n) is 2.43. The topological polar surface area (TPSA) is 107 Å². The van der Waals surface area contributed by atoms with Gasteiger partial charge < -0.3 is 15.8 Å². The Morgan fingerprint density at radius 1 is 1.48 bits per heavy atom. The van der Waals surface area contributed by atoms with Crippen LogP contribution in [0.15, 0.2) is 18.2 Å². The van der Waals surface area contributed by atoms with Crippen LogP contribution < -0.4 is 11.1 Å². The highest BCUT2D eigenvalue weighted by Gasteiger charge is 2.23. The van der Waals surface area contributed by atoms with E-state index >= 15 is 0 Å². The van der Waals surface area contributed by atoms with Crippen molar-refractivity contribution >= 4 is 17.3 Å². The molecule has 1 aromatic carbocycles. The van der Waals surface area contributed by atoms with Gasteiger partial charge in [-0.15, -0.1) is 0 Å². The van der Waals surface area contributed by atoms with E-state index in [1.165, 1.54) is 18.2 Å². The van der Waals surface area contributed by atoms with Crippen molar-refractivity contribution in [1.29, 1.82) is 0 Å². The van der Waals surface area contributed by atoms with Gasteiger partial charge in [0, 0.05) is 13.2 Å². The second-order valence-corrected chi connectivity index (χ2v) is 5.03. The maximum atomic E-state index is 12.1. The Labute approximate surface area is 122 Å². The molecule has 1 unspecified atom stereocenters. The molecule has 1 fully saturated rings. The minimum absolute atomic E-state index is 0.00966. The highest BCUT2D eigenvalue weighted by molar-refractivity contribution is 6.00. The van der Waals surface area contributed by atoms with Gasteiger partial charge in [-0.2, -0.15) is 0 Å². The standard InChI is InChI=1S/C14H19N3O4/c15-12-6-3-5-11(13(12)17(19)20)14(18)16-8-7-10-4-1-2-9-21-10/h3,5-6,10H,1-2,4,7-9,15H2,(H,16,18). The van der Waals surface area contributed by atoms with Crippen molar-refractivity contribution in [3.05, 3.63) is 33.9 Å². The number of carbonyl (C=O) groups is 1. The van der Waals surface area contributed by atoms with Crippen molar-refractivity contribution in [1.82, 2.24) is 5.32 Å². The molecule has 7 heteroatoms. The highest BCUT2D eigenvalue weighted by Crippen LogP contribution is 2.25. The second kappa shape index (κ2) is 7.03. The van der Waals surface area contributed by atoms with E-state index in [2.05, 4.69) is 5.32 Å². The van der Waals surface area contributed by atoms with Crippen molar-refractivity contribution in [2.45, 2.75) is 31.8 Å². The molecule has 0 aromatic heterocycles. The number of carbonyl (C=O) groups excluding carboxylic acids is 1. The molecule has 1 aromatic rings. The highest BCUT2D eigenvalue weighted by atomic mass is 16.6. The molecule has 1 aliphatic rings. The van der Waals surface area contributed by atoms with E-state index in [1.807, 2.05) is 0 Å². The van der Waals surface area contributed by atoms with Crippen molar-refractivity contribution in [2.24, 2.45) is 0 Å². The molecule has 1 atom stereocenters. The third-order valence-electron chi connectivity index (χ3n) is 3.52. The van der Waals surface area contributed by atoms with E-state index in [1.54, 1.807) is 0 Å². The Bertz CT molecular complexity index is 527. The average Bonchev–Trinajstić information content (AvgIpc) is 2.47. The molecule has 21 heavy (non-hydrogen) atoms. The molecule has 1 saturated heterocycles. The predicted octanol–water partition coefficient (Wildman–Crippen LogP) is 1.87. The predicted molar refractivity (Wildman–Crippen MR) is 78.1 cm³/mol. The summed E-state index contributed by atoms with van der Waals surface area (Å²) in [6, 6.07) is 4.34. The molecule has 7 nitrogen and oxygen atoms in total. The van der Waals surface area contributed by atoms with Crippen LogP contribution in [0.1, 0.15) is 36.0 Å². The van der Waals surface area contributed by atoms with Crippen LogP contribution in [0.3, 0.4) is 0 Å². The number of para-hydroxylation sites is 1. The second-order valence-electron chi connectivity index (χ2n) is 5.03. The molecule has 2 rings (SSSR count). The quantitative estimate of drug-likeness (QED) is 0.489. The number of nitrogen functional groups attached to an aromatic ring is 1. The lowest BCUT2D eigenvalue weighted by molar-refractivity contribution is -0.384. The lowest BCUT2D eigenvalue weighted by Crippen LogP contribution is -2.29. The fraction of sp³-hybridized carbons (Fsp3) is 0.500. The van der Waals surface area contributed by atoms with E-state index < -0.39 is 10.8 Å². The number of nitrogens with zero attached hydrogens (tertiary/aromatic N) is 1. The summed E-state index contributed by atoms with van der Waals surface area (Å²) in [6.45, 7) is 1.19. The molecule has 3 N–H and O–H groups in total. The van der Waals surface area contributed by atoms with Gasteiger partial charge >= 0.3 is 5.69 Å². The number of amides is 1. The lowest BCUT2D eigenvalue weighted by Gasteiger charge is -2.22. The first kappa shape index (κ1) is 15.2. The number of benzene rings is 1.